The lowest BCUT2D eigenvalue weighted by molar-refractivity contribution is 0.0677. The van der Waals surface area contributed by atoms with E-state index < -0.39 is 21.9 Å². The first-order valence-corrected chi connectivity index (χ1v) is 14.4. The molecule has 0 bridgehead atoms. The Morgan fingerprint density at radius 1 is 1.21 bits per heavy atom. The van der Waals surface area contributed by atoms with Crippen LogP contribution in [-0.2, 0) is 9.84 Å². The van der Waals surface area contributed by atoms with Crippen molar-refractivity contribution < 1.29 is 27.8 Å². The first kappa shape index (κ1) is 25.8. The smallest absolute Gasteiger partial charge is 0.273 e. The number of nitrogens with one attached hydrogen (secondary N) is 1. The van der Waals surface area contributed by atoms with E-state index in [1.807, 2.05) is 45.0 Å². The molecule has 2 atom stereocenters. The number of H-pyrrole nitrogens is 1. The Labute approximate surface area is 222 Å². The lowest BCUT2D eigenvalue weighted by atomic mass is 9.93. The van der Waals surface area contributed by atoms with Gasteiger partial charge in [0.15, 0.2) is 21.3 Å². The molecule has 1 fully saturated rings. The van der Waals surface area contributed by atoms with Crippen LogP contribution in [0.3, 0.4) is 0 Å². The van der Waals surface area contributed by atoms with Crippen molar-refractivity contribution in [3.05, 3.63) is 70.9 Å². The van der Waals surface area contributed by atoms with E-state index in [4.69, 9.17) is 9.47 Å². The third-order valence-electron chi connectivity index (χ3n) is 7.05. The van der Waals surface area contributed by atoms with E-state index in [0.29, 0.717) is 53.5 Å². The molecule has 2 aliphatic rings. The molecule has 0 spiro atoms. The van der Waals surface area contributed by atoms with Gasteiger partial charge >= 0.3 is 0 Å². The highest BCUT2D eigenvalue weighted by atomic mass is 32.2. The Bertz CT molecular complexity index is 1530. The van der Waals surface area contributed by atoms with Gasteiger partial charge in [-0.05, 0) is 62.1 Å². The number of aromatic nitrogens is 2. The number of aromatic hydroxyl groups is 1. The highest BCUT2D eigenvalue weighted by molar-refractivity contribution is 7.91. The number of aryl methyl sites for hydroxylation is 2. The summed E-state index contributed by atoms with van der Waals surface area (Å²) in [5, 5.41) is 18.3. The molecular formula is C28H31N3O6S. The van der Waals surface area contributed by atoms with Gasteiger partial charge in [0.05, 0.1) is 24.2 Å². The Hall–Kier alpha value is -3.79. The van der Waals surface area contributed by atoms with E-state index in [0.717, 1.165) is 11.1 Å². The van der Waals surface area contributed by atoms with E-state index in [9.17, 15) is 18.3 Å². The minimum Gasteiger partial charge on any atom is -0.507 e. The van der Waals surface area contributed by atoms with Crippen LogP contribution in [0.2, 0.25) is 0 Å². The predicted molar refractivity (Wildman–Crippen MR) is 144 cm³/mol. The molecule has 1 aromatic heterocycles. The zero-order valence-electron chi connectivity index (χ0n) is 21.7. The number of benzene rings is 2. The van der Waals surface area contributed by atoms with Crippen molar-refractivity contribution >= 4 is 15.7 Å². The molecule has 0 radical (unpaired) electrons. The molecule has 2 N–H and O–H groups in total. The second-order valence-corrected chi connectivity index (χ2v) is 12.0. The monoisotopic (exact) mass is 537 g/mol. The Kier molecular flexibility index (Phi) is 6.68. The molecule has 9 nitrogen and oxygen atoms in total. The van der Waals surface area contributed by atoms with Crippen molar-refractivity contribution in [3.8, 4) is 28.5 Å². The number of phenolic OH excluding ortho intramolecular Hbond substituents is 1. The number of carbonyl (C=O) groups excluding carboxylic acids is 1. The van der Waals surface area contributed by atoms with Crippen LogP contribution < -0.4 is 9.47 Å². The summed E-state index contributed by atoms with van der Waals surface area (Å²) in [6.07, 6.45) is 1.99. The van der Waals surface area contributed by atoms with Crippen molar-refractivity contribution in [2.45, 2.75) is 39.3 Å². The Morgan fingerprint density at radius 3 is 2.68 bits per heavy atom. The molecule has 2 aliphatic heterocycles. The van der Waals surface area contributed by atoms with Crippen molar-refractivity contribution in [2.75, 3.05) is 24.7 Å². The van der Waals surface area contributed by atoms with Crippen LogP contribution in [0.25, 0.3) is 11.3 Å². The van der Waals surface area contributed by atoms with Crippen LogP contribution in [0.5, 0.6) is 17.2 Å². The molecule has 1 amide bonds. The maximum Gasteiger partial charge on any atom is 0.273 e. The van der Waals surface area contributed by atoms with Crippen LogP contribution in [0.15, 0.2) is 43.0 Å². The molecule has 200 valence electrons. The third-order valence-corrected chi connectivity index (χ3v) is 8.80. The lowest BCUT2D eigenvalue weighted by Crippen LogP contribution is -2.40. The van der Waals surface area contributed by atoms with Crippen molar-refractivity contribution in [1.82, 2.24) is 15.1 Å². The zero-order valence-corrected chi connectivity index (χ0v) is 22.5. The molecule has 2 aromatic carbocycles. The minimum atomic E-state index is -3.26. The molecule has 38 heavy (non-hydrogen) atoms. The minimum absolute atomic E-state index is 0.0313. The molecule has 3 heterocycles. The fraction of sp³-hybridized carbons (Fsp3) is 0.357. The Morgan fingerprint density at radius 2 is 2.00 bits per heavy atom. The van der Waals surface area contributed by atoms with Gasteiger partial charge < -0.3 is 19.5 Å². The maximum atomic E-state index is 13.8. The number of phenols is 1. The summed E-state index contributed by atoms with van der Waals surface area (Å²) in [4.78, 5) is 15.4. The van der Waals surface area contributed by atoms with Gasteiger partial charge in [-0.25, -0.2) is 8.42 Å². The van der Waals surface area contributed by atoms with Gasteiger partial charge in [-0.3, -0.25) is 9.89 Å². The van der Waals surface area contributed by atoms with Crippen molar-refractivity contribution in [2.24, 2.45) is 0 Å². The summed E-state index contributed by atoms with van der Waals surface area (Å²) in [6.45, 7) is 10.0. The number of fused-ring (bicyclic) bond motifs is 1. The number of sulfone groups is 1. The van der Waals surface area contributed by atoms with Gasteiger partial charge in [0, 0.05) is 17.2 Å². The number of hydrogen-bond donors (Lipinski definition) is 2. The summed E-state index contributed by atoms with van der Waals surface area (Å²) < 4.78 is 36.5. The van der Waals surface area contributed by atoms with Crippen LogP contribution in [0.1, 0.15) is 52.1 Å². The molecular weight excluding hydrogens is 506 g/mol. The highest BCUT2D eigenvalue weighted by Crippen LogP contribution is 2.48. The predicted octanol–water partition coefficient (Wildman–Crippen LogP) is 4.09. The number of rotatable bonds is 8. The number of aromatic amines is 1. The van der Waals surface area contributed by atoms with E-state index >= 15 is 0 Å². The summed E-state index contributed by atoms with van der Waals surface area (Å²) >= 11 is 0. The van der Waals surface area contributed by atoms with Gasteiger partial charge in [-0.1, -0.05) is 24.8 Å². The zero-order chi connectivity index (χ0) is 27.2. The van der Waals surface area contributed by atoms with Crippen molar-refractivity contribution in [3.63, 3.8) is 0 Å². The first-order valence-electron chi connectivity index (χ1n) is 12.6. The van der Waals surface area contributed by atoms with Crippen LogP contribution in [-0.4, -0.2) is 65.3 Å². The second-order valence-electron chi connectivity index (χ2n) is 9.75. The topological polar surface area (TPSA) is 122 Å². The number of carbonyl (C=O) groups is 1. The summed E-state index contributed by atoms with van der Waals surface area (Å²) in [7, 11) is -3.26. The normalized spacial score (nSPS) is 20.0. The van der Waals surface area contributed by atoms with Crippen molar-refractivity contribution in [1.29, 1.82) is 0 Å². The van der Waals surface area contributed by atoms with Crippen LogP contribution >= 0.6 is 0 Å². The highest BCUT2D eigenvalue weighted by Gasteiger charge is 2.48. The molecule has 0 aliphatic carbocycles. The van der Waals surface area contributed by atoms with E-state index in [1.165, 1.54) is 0 Å². The standard InChI is InChI=1S/C28H31N3O6S/c1-5-10-37-21-8-7-18(14-22(21)36-6-2)26-23-24(20-13-16(3)12-17(4)27(20)32)29-30-25(23)28(33)31(26)19-9-11-38(34,35)15-19/h5,7-8,12-14,19,26,32H,1,6,9-11,15H2,2-4H3,(H,29,30). The molecule has 0 saturated carbocycles. The molecule has 1 saturated heterocycles. The maximum absolute atomic E-state index is 13.8. The SMILES string of the molecule is C=CCOc1ccc(C2c3c(-c4cc(C)cc(C)c4O)n[nH]c3C(=O)N2C2CCS(=O)(=O)C2)cc1OCC. The second kappa shape index (κ2) is 9.83. The van der Waals surface area contributed by atoms with Gasteiger partial charge in [-0.2, -0.15) is 5.10 Å². The average molecular weight is 538 g/mol. The van der Waals surface area contributed by atoms with Gasteiger partial charge in [0.2, 0.25) is 0 Å². The van der Waals surface area contributed by atoms with Gasteiger partial charge in [0.1, 0.15) is 23.7 Å². The number of nitrogens with zero attached hydrogens (tertiary/aromatic N) is 2. The lowest BCUT2D eigenvalue weighted by Gasteiger charge is -2.31. The molecule has 3 aromatic rings. The van der Waals surface area contributed by atoms with Crippen LogP contribution in [0, 0.1) is 13.8 Å². The van der Waals surface area contributed by atoms with E-state index in [2.05, 4.69) is 16.8 Å². The fourth-order valence-corrected chi connectivity index (χ4v) is 7.15. The first-order chi connectivity index (χ1) is 18.1. The van der Waals surface area contributed by atoms with Crippen LogP contribution in [0.4, 0.5) is 0 Å². The third kappa shape index (κ3) is 4.42. The molecule has 10 heteroatoms. The largest absolute Gasteiger partial charge is 0.507 e. The number of ether oxygens (including phenoxy) is 2. The molecule has 5 rings (SSSR count). The van der Waals surface area contributed by atoms with Gasteiger partial charge in [0.25, 0.3) is 5.91 Å². The van der Waals surface area contributed by atoms with E-state index in [1.54, 1.807) is 17.0 Å². The quantitative estimate of drug-likeness (QED) is 0.415. The molecule has 2 unspecified atom stereocenters. The summed E-state index contributed by atoms with van der Waals surface area (Å²) in [5.41, 5.74) is 4.21. The number of hydrogen-bond acceptors (Lipinski definition) is 7. The number of amides is 1. The van der Waals surface area contributed by atoms with Gasteiger partial charge in [-0.15, -0.1) is 0 Å². The Balaban J connectivity index is 1.70. The summed E-state index contributed by atoms with van der Waals surface area (Å²) in [5.74, 6) is 0.737. The summed E-state index contributed by atoms with van der Waals surface area (Å²) in [6, 6.07) is 8.03. The average Bonchev–Trinajstić information content (AvgIpc) is 3.53. The fourth-order valence-electron chi connectivity index (χ4n) is 5.44. The van der Waals surface area contributed by atoms with E-state index in [-0.39, 0.29) is 28.9 Å².